The van der Waals surface area contributed by atoms with Gasteiger partial charge >= 0.3 is 5.97 Å². The zero-order chi connectivity index (χ0) is 23.8. The lowest BCUT2D eigenvalue weighted by atomic mass is 9.76. The standard InChI is InChI=1S/C23H22N4O5S/c1-33(31,32)17-5-6-20(25-13-17)23(15-24)7-10-26(11-8-23)14-16-12-18(22(29)30)21(28)27-9-3-2-4-19(16)27/h2-6,9,12-13H,7-8,10-11,14H2,1H3,(H,29,30). The van der Waals surface area contributed by atoms with Crippen LogP contribution in [0.2, 0.25) is 0 Å². The van der Waals surface area contributed by atoms with Gasteiger partial charge in [0.25, 0.3) is 5.56 Å². The molecule has 0 aliphatic carbocycles. The van der Waals surface area contributed by atoms with Crippen LogP contribution in [0.15, 0.2) is 58.5 Å². The number of sulfone groups is 1. The number of nitrogens with zero attached hydrogens (tertiary/aromatic N) is 4. The summed E-state index contributed by atoms with van der Waals surface area (Å²) >= 11 is 0. The Kier molecular flexibility index (Phi) is 5.78. The van der Waals surface area contributed by atoms with E-state index in [0.717, 1.165) is 6.26 Å². The van der Waals surface area contributed by atoms with Gasteiger partial charge in [-0.15, -0.1) is 0 Å². The largest absolute Gasteiger partial charge is 0.477 e. The molecule has 170 valence electrons. The number of fused-ring (bicyclic) bond motifs is 1. The van der Waals surface area contributed by atoms with Gasteiger partial charge in [0.05, 0.1) is 22.2 Å². The van der Waals surface area contributed by atoms with Crippen molar-refractivity contribution in [1.29, 1.82) is 5.26 Å². The molecule has 9 nitrogen and oxygen atoms in total. The summed E-state index contributed by atoms with van der Waals surface area (Å²) in [5.41, 5.74) is 0.214. The molecule has 3 aromatic heterocycles. The van der Waals surface area contributed by atoms with Crippen molar-refractivity contribution in [3.63, 3.8) is 0 Å². The minimum atomic E-state index is -3.37. The van der Waals surface area contributed by atoms with E-state index in [4.69, 9.17) is 0 Å². The summed E-state index contributed by atoms with van der Waals surface area (Å²) in [5, 5.41) is 19.4. The van der Waals surface area contributed by atoms with Crippen LogP contribution in [-0.2, 0) is 21.8 Å². The van der Waals surface area contributed by atoms with E-state index in [9.17, 15) is 28.4 Å². The zero-order valence-electron chi connectivity index (χ0n) is 17.9. The lowest BCUT2D eigenvalue weighted by Crippen LogP contribution is -2.42. The Morgan fingerprint density at radius 3 is 2.55 bits per heavy atom. The molecular formula is C23H22N4O5S. The van der Waals surface area contributed by atoms with Crippen LogP contribution in [0.1, 0.15) is 34.5 Å². The van der Waals surface area contributed by atoms with Crippen LogP contribution >= 0.6 is 0 Å². The van der Waals surface area contributed by atoms with E-state index >= 15 is 0 Å². The molecule has 3 aromatic rings. The van der Waals surface area contributed by atoms with Gasteiger partial charge in [0.1, 0.15) is 11.0 Å². The predicted molar refractivity (Wildman–Crippen MR) is 120 cm³/mol. The van der Waals surface area contributed by atoms with Crippen molar-refractivity contribution < 1.29 is 18.3 Å². The predicted octanol–water partition coefficient (Wildman–Crippen LogP) is 1.85. The number of pyridine rings is 3. The van der Waals surface area contributed by atoms with E-state index in [1.54, 1.807) is 30.5 Å². The summed E-state index contributed by atoms with van der Waals surface area (Å²) in [6.45, 7) is 1.54. The third-order valence-corrected chi connectivity index (χ3v) is 7.26. The third kappa shape index (κ3) is 4.25. The Hall–Kier alpha value is -3.55. The van der Waals surface area contributed by atoms with Crippen molar-refractivity contribution in [2.45, 2.75) is 29.7 Å². The van der Waals surface area contributed by atoms with Crippen molar-refractivity contribution >= 4 is 21.3 Å². The maximum atomic E-state index is 12.5. The second-order valence-electron chi connectivity index (χ2n) is 8.27. The molecule has 1 saturated heterocycles. The van der Waals surface area contributed by atoms with Gasteiger partial charge in [-0.1, -0.05) is 6.07 Å². The van der Waals surface area contributed by atoms with Gasteiger partial charge in [-0.05, 0) is 48.7 Å². The highest BCUT2D eigenvalue weighted by atomic mass is 32.2. The van der Waals surface area contributed by atoms with Gasteiger partial charge in [0, 0.05) is 38.3 Å². The molecule has 0 atom stereocenters. The first-order chi connectivity index (χ1) is 15.6. The van der Waals surface area contributed by atoms with E-state index in [2.05, 4.69) is 16.0 Å². The molecule has 0 radical (unpaired) electrons. The van der Waals surface area contributed by atoms with E-state index in [1.807, 2.05) is 0 Å². The number of aromatic carboxylic acids is 1. The highest BCUT2D eigenvalue weighted by Crippen LogP contribution is 2.34. The number of piperidine rings is 1. The van der Waals surface area contributed by atoms with Crippen molar-refractivity contribution in [3.8, 4) is 6.07 Å². The van der Waals surface area contributed by atoms with Crippen molar-refractivity contribution in [1.82, 2.24) is 14.3 Å². The highest BCUT2D eigenvalue weighted by molar-refractivity contribution is 7.90. The van der Waals surface area contributed by atoms with E-state index < -0.39 is 26.8 Å². The van der Waals surface area contributed by atoms with Crippen LogP contribution in [0.3, 0.4) is 0 Å². The normalized spacial score (nSPS) is 16.4. The zero-order valence-corrected chi connectivity index (χ0v) is 18.7. The maximum absolute atomic E-state index is 12.5. The fraction of sp³-hybridized carbons (Fsp3) is 0.304. The number of hydrogen-bond acceptors (Lipinski definition) is 7. The summed E-state index contributed by atoms with van der Waals surface area (Å²) in [6, 6.07) is 12.1. The number of likely N-dealkylation sites (tertiary alicyclic amines) is 1. The second kappa shape index (κ2) is 8.42. The number of carboxylic acids is 1. The van der Waals surface area contributed by atoms with Gasteiger partial charge in [-0.3, -0.25) is 19.1 Å². The minimum absolute atomic E-state index is 0.109. The molecule has 1 fully saturated rings. The second-order valence-corrected chi connectivity index (χ2v) is 10.3. The number of aromatic nitrogens is 2. The van der Waals surface area contributed by atoms with E-state index in [1.165, 1.54) is 22.7 Å². The summed E-state index contributed by atoms with van der Waals surface area (Å²) in [7, 11) is -3.37. The van der Waals surface area contributed by atoms with Crippen LogP contribution < -0.4 is 5.56 Å². The molecule has 1 aliphatic heterocycles. The lowest BCUT2D eigenvalue weighted by Gasteiger charge is -2.37. The SMILES string of the molecule is CS(=O)(=O)c1ccc(C2(C#N)CCN(Cc3cc(C(=O)O)c(=O)n4ccccc34)CC2)nc1. The van der Waals surface area contributed by atoms with Crippen LogP contribution in [0.4, 0.5) is 0 Å². The molecule has 1 N–H and O–H groups in total. The van der Waals surface area contributed by atoms with E-state index in [-0.39, 0.29) is 10.5 Å². The number of nitriles is 1. The van der Waals surface area contributed by atoms with Crippen LogP contribution in [0, 0.1) is 11.3 Å². The van der Waals surface area contributed by atoms with Crippen molar-refractivity contribution in [2.75, 3.05) is 19.3 Å². The summed E-state index contributed by atoms with van der Waals surface area (Å²) in [6.07, 6.45) is 4.93. The first-order valence-corrected chi connectivity index (χ1v) is 12.2. The molecule has 4 rings (SSSR count). The van der Waals surface area contributed by atoms with Gasteiger partial charge in [-0.25, -0.2) is 13.2 Å². The molecule has 4 heterocycles. The quantitative estimate of drug-likeness (QED) is 0.602. The van der Waals surface area contributed by atoms with Crippen molar-refractivity contribution in [3.05, 3.63) is 76.0 Å². The molecule has 10 heteroatoms. The van der Waals surface area contributed by atoms with Gasteiger partial charge in [0.15, 0.2) is 9.84 Å². The maximum Gasteiger partial charge on any atom is 0.341 e. The molecular weight excluding hydrogens is 444 g/mol. The Labute approximate surface area is 190 Å². The number of hydrogen-bond donors (Lipinski definition) is 1. The molecule has 0 amide bonds. The Morgan fingerprint density at radius 1 is 1.24 bits per heavy atom. The third-order valence-electron chi connectivity index (χ3n) is 6.16. The van der Waals surface area contributed by atoms with Gasteiger partial charge < -0.3 is 5.11 Å². The summed E-state index contributed by atoms with van der Waals surface area (Å²) in [5.74, 6) is -1.27. The molecule has 0 bridgehead atoms. The average molecular weight is 467 g/mol. The highest BCUT2D eigenvalue weighted by Gasteiger charge is 2.38. The monoisotopic (exact) mass is 466 g/mol. The molecule has 0 aromatic carbocycles. The number of carbonyl (C=O) groups is 1. The first-order valence-electron chi connectivity index (χ1n) is 10.3. The molecule has 0 unspecified atom stereocenters. The molecule has 0 saturated carbocycles. The van der Waals surface area contributed by atoms with Gasteiger partial charge in [0.2, 0.25) is 0 Å². The average Bonchev–Trinajstić information content (AvgIpc) is 2.81. The molecule has 0 spiro atoms. The van der Waals surface area contributed by atoms with Crippen LogP contribution in [0.5, 0.6) is 0 Å². The van der Waals surface area contributed by atoms with Gasteiger partial charge in [-0.2, -0.15) is 5.26 Å². The van der Waals surface area contributed by atoms with Crippen molar-refractivity contribution in [2.24, 2.45) is 0 Å². The molecule has 33 heavy (non-hydrogen) atoms. The first kappa shape index (κ1) is 22.6. The Morgan fingerprint density at radius 2 is 1.97 bits per heavy atom. The summed E-state index contributed by atoms with van der Waals surface area (Å²) < 4.78 is 24.7. The fourth-order valence-corrected chi connectivity index (χ4v) is 4.80. The van der Waals surface area contributed by atoms with Crippen LogP contribution in [0.25, 0.3) is 5.52 Å². The Balaban J connectivity index is 1.58. The Bertz CT molecular complexity index is 1430. The number of carboxylic acid groups (broad SMARTS) is 1. The fourth-order valence-electron chi connectivity index (χ4n) is 4.24. The minimum Gasteiger partial charge on any atom is -0.477 e. The van der Waals surface area contributed by atoms with Crippen LogP contribution in [-0.4, -0.2) is 53.1 Å². The number of rotatable bonds is 5. The topological polar surface area (TPSA) is 133 Å². The van der Waals surface area contributed by atoms with E-state index in [0.29, 0.717) is 49.2 Å². The smallest absolute Gasteiger partial charge is 0.341 e. The summed E-state index contributed by atoms with van der Waals surface area (Å²) in [4.78, 5) is 30.5. The lowest BCUT2D eigenvalue weighted by molar-refractivity contribution is 0.0694. The molecule has 1 aliphatic rings.